The van der Waals surface area contributed by atoms with Gasteiger partial charge < -0.3 is 19.6 Å². The Hall–Kier alpha value is -2.38. The minimum absolute atomic E-state index is 0. The molecule has 6 aliphatic rings. The van der Waals surface area contributed by atoms with E-state index in [1.807, 2.05) is 23.6 Å². The molecule has 0 aromatic heterocycles. The van der Waals surface area contributed by atoms with Crippen LogP contribution in [0.15, 0.2) is 12.2 Å². The highest BCUT2D eigenvalue weighted by molar-refractivity contribution is 5.78. The Morgan fingerprint density at radius 3 is 2.02 bits per heavy atom. The predicted molar refractivity (Wildman–Crippen MR) is 210 cm³/mol. The predicted octanol–water partition coefficient (Wildman–Crippen LogP) is 9.16. The van der Waals surface area contributed by atoms with Crippen LogP contribution in [0, 0.1) is 62.1 Å². The Labute approximate surface area is 321 Å². The first kappa shape index (κ1) is 41.8. The molecule has 1 N–H and O–H groups in total. The van der Waals surface area contributed by atoms with Crippen molar-refractivity contribution in [1.82, 2.24) is 9.80 Å². The molecule has 0 aromatic carbocycles. The molecule has 53 heavy (non-hydrogen) atoms. The Morgan fingerprint density at radius 2 is 1.42 bits per heavy atom. The zero-order chi connectivity index (χ0) is 38.2. The number of piperazine rings is 1. The van der Waals surface area contributed by atoms with E-state index in [4.69, 9.17) is 4.74 Å². The van der Waals surface area contributed by atoms with Gasteiger partial charge >= 0.3 is 11.9 Å². The molecule has 10 atom stereocenters. The Balaban J connectivity index is 0.00000541. The summed E-state index contributed by atoms with van der Waals surface area (Å²) >= 11 is 0. The van der Waals surface area contributed by atoms with E-state index >= 15 is 0 Å². The Kier molecular flexibility index (Phi) is 11.3. The summed E-state index contributed by atoms with van der Waals surface area (Å²) in [6.45, 7) is 27.1. The monoisotopic (exact) mass is 739 g/mol. The SMILES string of the molecule is C.C=C(C)[C@@H]1CC[C@]2(CC(=O)N3CCN(C(C)=O)CC3)CC[C@]3(C)[C@H](CC[C@@H]4[C@@]5(C)CC[C@H](OC(=O)CC(C)(C)CC(=O)O)C(C)(C)[C@@H]5CC[C@]43C)[C@@H]12. The molecule has 1 aliphatic heterocycles. The number of fused-ring (bicyclic) bond motifs is 7. The van der Waals surface area contributed by atoms with E-state index in [9.17, 15) is 24.3 Å². The number of aliphatic carboxylic acids is 1. The lowest BCUT2D eigenvalue weighted by atomic mass is 9.32. The summed E-state index contributed by atoms with van der Waals surface area (Å²) in [7, 11) is 0. The van der Waals surface area contributed by atoms with Gasteiger partial charge in [-0.1, -0.05) is 68.0 Å². The number of ether oxygens (including phenoxy) is 1. The van der Waals surface area contributed by atoms with Gasteiger partial charge in [0.05, 0.1) is 12.8 Å². The molecule has 0 aromatic rings. The summed E-state index contributed by atoms with van der Waals surface area (Å²) < 4.78 is 6.28. The zero-order valence-electron chi connectivity index (χ0n) is 34.1. The molecule has 8 heteroatoms. The average molecular weight is 739 g/mol. The molecule has 300 valence electrons. The average Bonchev–Trinajstić information content (AvgIpc) is 3.41. The standard InChI is InChI=1S/C44H70N2O6.CH4/c1-28(2)30-13-18-44(25-35(48)46-23-21-45(22-24-46)29(3)47)20-19-42(9)31(38(30)44)11-12-33-41(8)16-15-34(40(6,7)32(41)14-17-43(33,42)10)52-37(51)27-39(4,5)26-36(49)50;/h30-34,38H,1,11-27H2,2-10H3,(H,49,50);1H4/t30-,31+,32-,33+,34-,38+,41-,42+,43+,44+;/m0./s1. The van der Waals surface area contributed by atoms with E-state index in [1.54, 1.807) is 6.92 Å². The first-order chi connectivity index (χ1) is 24.1. The number of carboxylic acids is 1. The zero-order valence-corrected chi connectivity index (χ0v) is 34.1. The van der Waals surface area contributed by atoms with Gasteiger partial charge in [0, 0.05) is 44.9 Å². The molecular weight excluding hydrogens is 665 g/mol. The fraction of sp³-hybridized carbons (Fsp3) is 0.867. The lowest BCUT2D eigenvalue weighted by Gasteiger charge is -2.73. The van der Waals surface area contributed by atoms with Crippen LogP contribution in [0.1, 0.15) is 153 Å². The molecule has 0 radical (unpaired) electrons. The Morgan fingerprint density at radius 1 is 0.774 bits per heavy atom. The van der Waals surface area contributed by atoms with Crippen LogP contribution < -0.4 is 0 Å². The molecule has 0 spiro atoms. The van der Waals surface area contributed by atoms with E-state index in [-0.39, 0.29) is 71.2 Å². The molecule has 5 saturated carbocycles. The van der Waals surface area contributed by atoms with E-state index in [2.05, 4.69) is 48.1 Å². The maximum absolute atomic E-state index is 14.1. The normalized spacial score (nSPS) is 40.4. The lowest BCUT2D eigenvalue weighted by molar-refractivity contribution is -0.250. The van der Waals surface area contributed by atoms with E-state index in [1.165, 1.54) is 31.3 Å². The lowest BCUT2D eigenvalue weighted by Crippen LogP contribution is -2.67. The number of hydrogen-bond donors (Lipinski definition) is 1. The number of nitrogens with zero attached hydrogens (tertiary/aromatic N) is 2. The highest BCUT2D eigenvalue weighted by Gasteiger charge is 2.71. The number of rotatable bonds is 8. The Bertz CT molecular complexity index is 1460. The van der Waals surface area contributed by atoms with Crippen molar-refractivity contribution in [3.8, 4) is 0 Å². The van der Waals surface area contributed by atoms with Gasteiger partial charge in [-0.2, -0.15) is 0 Å². The molecule has 1 saturated heterocycles. The molecule has 6 fully saturated rings. The van der Waals surface area contributed by atoms with Crippen LogP contribution in [0.25, 0.3) is 0 Å². The molecular formula is C45H74N2O6. The number of amides is 2. The van der Waals surface area contributed by atoms with Gasteiger partial charge in [0.1, 0.15) is 6.10 Å². The van der Waals surface area contributed by atoms with Crippen molar-refractivity contribution in [1.29, 1.82) is 0 Å². The van der Waals surface area contributed by atoms with Crippen molar-refractivity contribution in [2.24, 2.45) is 62.1 Å². The largest absolute Gasteiger partial charge is 0.481 e. The van der Waals surface area contributed by atoms with Gasteiger partial charge in [0.25, 0.3) is 0 Å². The number of esters is 1. The third-order valence-electron chi connectivity index (χ3n) is 17.3. The fourth-order valence-electron chi connectivity index (χ4n) is 14.5. The third-order valence-corrected chi connectivity index (χ3v) is 17.3. The summed E-state index contributed by atoms with van der Waals surface area (Å²) in [4.78, 5) is 54.6. The molecule has 0 bridgehead atoms. The number of hydrogen-bond acceptors (Lipinski definition) is 5. The van der Waals surface area contributed by atoms with Gasteiger partial charge in [-0.25, -0.2) is 0 Å². The number of carboxylic acid groups (broad SMARTS) is 1. The van der Waals surface area contributed by atoms with Crippen molar-refractivity contribution in [2.75, 3.05) is 26.2 Å². The van der Waals surface area contributed by atoms with Crippen LogP contribution in [0.4, 0.5) is 0 Å². The van der Waals surface area contributed by atoms with E-state index in [0.717, 1.165) is 38.5 Å². The minimum Gasteiger partial charge on any atom is -0.481 e. The number of carbonyl (C=O) groups is 4. The van der Waals surface area contributed by atoms with Crippen molar-refractivity contribution >= 4 is 23.8 Å². The number of allylic oxidation sites excluding steroid dienone is 1. The second-order valence-corrected chi connectivity index (χ2v) is 20.9. The summed E-state index contributed by atoms with van der Waals surface area (Å²) in [6.07, 6.45) is 11.7. The second-order valence-electron chi connectivity index (χ2n) is 20.9. The first-order valence-electron chi connectivity index (χ1n) is 20.7. The van der Waals surface area contributed by atoms with Gasteiger partial charge in [0.15, 0.2) is 0 Å². The third kappa shape index (κ3) is 6.91. The summed E-state index contributed by atoms with van der Waals surface area (Å²) in [5.74, 6) is 1.76. The quantitative estimate of drug-likeness (QED) is 0.197. The molecule has 2 amide bonds. The summed E-state index contributed by atoms with van der Waals surface area (Å²) in [5, 5.41) is 9.35. The maximum Gasteiger partial charge on any atom is 0.306 e. The van der Waals surface area contributed by atoms with Crippen LogP contribution in [-0.4, -0.2) is 70.9 Å². The minimum atomic E-state index is -0.888. The molecule has 0 unspecified atom stereocenters. The van der Waals surface area contributed by atoms with Crippen molar-refractivity contribution in [2.45, 2.75) is 159 Å². The van der Waals surface area contributed by atoms with Crippen LogP contribution in [-0.2, 0) is 23.9 Å². The molecule has 6 rings (SSSR count). The molecule has 8 nitrogen and oxygen atoms in total. The summed E-state index contributed by atoms with van der Waals surface area (Å²) in [5.41, 5.74) is 1.01. The van der Waals surface area contributed by atoms with E-state index in [0.29, 0.717) is 62.2 Å². The maximum atomic E-state index is 14.1. The smallest absolute Gasteiger partial charge is 0.306 e. The molecule has 1 heterocycles. The van der Waals surface area contributed by atoms with Crippen LogP contribution >= 0.6 is 0 Å². The van der Waals surface area contributed by atoms with Crippen molar-refractivity contribution in [3.63, 3.8) is 0 Å². The fourth-order valence-corrected chi connectivity index (χ4v) is 14.5. The highest BCUT2D eigenvalue weighted by Crippen LogP contribution is 2.78. The van der Waals surface area contributed by atoms with Gasteiger partial charge in [-0.15, -0.1) is 0 Å². The van der Waals surface area contributed by atoms with Crippen molar-refractivity contribution in [3.05, 3.63) is 12.2 Å². The van der Waals surface area contributed by atoms with Gasteiger partial charge in [-0.3, -0.25) is 19.2 Å². The summed E-state index contributed by atoms with van der Waals surface area (Å²) in [6, 6.07) is 0. The van der Waals surface area contributed by atoms with Crippen molar-refractivity contribution < 1.29 is 29.0 Å². The van der Waals surface area contributed by atoms with Gasteiger partial charge in [0.2, 0.25) is 11.8 Å². The topological polar surface area (TPSA) is 104 Å². The second kappa shape index (κ2) is 14.3. The van der Waals surface area contributed by atoms with E-state index < -0.39 is 11.4 Å². The van der Waals surface area contributed by atoms with Gasteiger partial charge in [-0.05, 0) is 128 Å². The van der Waals surface area contributed by atoms with Crippen LogP contribution in [0.3, 0.4) is 0 Å². The first-order valence-corrected chi connectivity index (χ1v) is 20.7. The number of carbonyl (C=O) groups excluding carboxylic acids is 3. The van der Waals surface area contributed by atoms with Crippen LogP contribution in [0.5, 0.6) is 0 Å². The highest BCUT2D eigenvalue weighted by atomic mass is 16.5. The van der Waals surface area contributed by atoms with Crippen LogP contribution in [0.2, 0.25) is 0 Å². The molecule has 5 aliphatic carbocycles.